The standard InChI is InChI=1S/C35H38BrN5O3S/c1-4-37-34(44)40-17-15-39(16-18-40)33(43)35(45-27-12-5-23(2)6-13-27)20-31(42)41(22-25-8-10-26(36)11-9-25)32(35)29-21-38-30-19-24(3)7-14-28(29)30/h5-14,19,21,32,38H,4,15-18,20,22H2,1-3H3,(H,37,44). The number of aryl methyl sites for hydroxylation is 2. The normalized spacial score (nSPS) is 20.2. The van der Waals surface area contributed by atoms with Gasteiger partial charge >= 0.3 is 6.03 Å². The molecule has 0 bridgehead atoms. The number of thioether (sulfide) groups is 1. The molecular weight excluding hydrogens is 650 g/mol. The van der Waals surface area contributed by atoms with Crippen LogP contribution in [-0.4, -0.2) is 75.0 Å². The van der Waals surface area contributed by atoms with Crippen molar-refractivity contribution in [3.05, 3.63) is 99.7 Å². The summed E-state index contributed by atoms with van der Waals surface area (Å²) in [4.78, 5) is 51.8. The van der Waals surface area contributed by atoms with Crippen molar-refractivity contribution >= 4 is 56.4 Å². The molecule has 2 fully saturated rings. The molecule has 1 aromatic heterocycles. The van der Waals surface area contributed by atoms with Crippen molar-refractivity contribution in [3.8, 4) is 0 Å². The van der Waals surface area contributed by atoms with Crippen LogP contribution in [0, 0.1) is 13.8 Å². The molecule has 0 saturated carbocycles. The average Bonchev–Trinajstić information content (AvgIpc) is 3.56. The van der Waals surface area contributed by atoms with Gasteiger partial charge in [0, 0.05) is 71.3 Å². The number of carbonyl (C=O) groups is 3. The highest BCUT2D eigenvalue weighted by Gasteiger charge is 2.59. The Morgan fingerprint density at radius 2 is 1.62 bits per heavy atom. The molecule has 0 aliphatic carbocycles. The maximum absolute atomic E-state index is 15.1. The number of benzene rings is 3. The lowest BCUT2D eigenvalue weighted by molar-refractivity contribution is -0.136. The maximum Gasteiger partial charge on any atom is 0.317 e. The zero-order chi connectivity index (χ0) is 31.7. The van der Waals surface area contributed by atoms with E-state index in [0.717, 1.165) is 42.5 Å². The van der Waals surface area contributed by atoms with E-state index in [1.54, 1.807) is 4.90 Å². The fraction of sp³-hybridized carbons (Fsp3) is 0.343. The molecule has 3 aromatic carbocycles. The average molecular weight is 689 g/mol. The van der Waals surface area contributed by atoms with E-state index in [4.69, 9.17) is 0 Å². The molecule has 2 atom stereocenters. The molecule has 2 aliphatic heterocycles. The second-order valence-corrected chi connectivity index (χ2v) is 14.3. The van der Waals surface area contributed by atoms with Gasteiger partial charge in [-0.1, -0.05) is 57.9 Å². The number of H-pyrrole nitrogens is 1. The first-order valence-corrected chi connectivity index (χ1v) is 17.0. The van der Waals surface area contributed by atoms with E-state index >= 15 is 4.79 Å². The molecule has 2 saturated heterocycles. The molecule has 4 aromatic rings. The molecule has 45 heavy (non-hydrogen) atoms. The fourth-order valence-corrected chi connectivity index (χ4v) is 8.22. The number of likely N-dealkylation sites (tertiary alicyclic amines) is 1. The van der Waals surface area contributed by atoms with E-state index in [0.29, 0.717) is 39.3 Å². The first kappa shape index (κ1) is 31.2. The van der Waals surface area contributed by atoms with Crippen molar-refractivity contribution in [1.82, 2.24) is 25.0 Å². The highest BCUT2D eigenvalue weighted by molar-refractivity contribution is 9.10. The van der Waals surface area contributed by atoms with E-state index in [1.807, 2.05) is 78.4 Å². The van der Waals surface area contributed by atoms with Crippen LogP contribution in [0.25, 0.3) is 10.9 Å². The van der Waals surface area contributed by atoms with E-state index in [-0.39, 0.29) is 24.3 Å². The molecule has 4 amide bonds. The zero-order valence-electron chi connectivity index (χ0n) is 25.8. The van der Waals surface area contributed by atoms with Crippen LogP contribution in [0.5, 0.6) is 0 Å². The second-order valence-electron chi connectivity index (χ2n) is 11.9. The van der Waals surface area contributed by atoms with Crippen LogP contribution in [0.2, 0.25) is 0 Å². The van der Waals surface area contributed by atoms with E-state index in [2.05, 4.69) is 51.4 Å². The maximum atomic E-state index is 15.1. The summed E-state index contributed by atoms with van der Waals surface area (Å²) in [6.45, 7) is 8.62. The number of aromatic nitrogens is 1. The Hall–Kier alpha value is -3.76. The molecule has 0 radical (unpaired) electrons. The van der Waals surface area contributed by atoms with Crippen molar-refractivity contribution in [3.63, 3.8) is 0 Å². The van der Waals surface area contributed by atoms with Gasteiger partial charge < -0.3 is 25.0 Å². The first-order valence-electron chi connectivity index (χ1n) is 15.4. The van der Waals surface area contributed by atoms with Gasteiger partial charge in [0.2, 0.25) is 11.8 Å². The van der Waals surface area contributed by atoms with Crippen LogP contribution in [0.1, 0.15) is 41.6 Å². The number of hydrogen-bond acceptors (Lipinski definition) is 4. The molecule has 8 nitrogen and oxygen atoms in total. The van der Waals surface area contributed by atoms with Gasteiger partial charge in [0.05, 0.1) is 12.5 Å². The van der Waals surface area contributed by atoms with Crippen molar-refractivity contribution < 1.29 is 14.4 Å². The number of fused-ring (bicyclic) bond motifs is 1. The van der Waals surface area contributed by atoms with Crippen LogP contribution in [0.4, 0.5) is 4.79 Å². The third kappa shape index (κ3) is 6.22. The number of hydrogen-bond donors (Lipinski definition) is 2. The summed E-state index contributed by atoms with van der Waals surface area (Å²) >= 11 is 5.02. The van der Waals surface area contributed by atoms with Gasteiger partial charge in [-0.3, -0.25) is 9.59 Å². The summed E-state index contributed by atoms with van der Waals surface area (Å²) in [7, 11) is 0. The Morgan fingerprint density at radius 1 is 0.956 bits per heavy atom. The molecule has 3 heterocycles. The number of nitrogens with zero attached hydrogens (tertiary/aromatic N) is 3. The number of aromatic amines is 1. The summed E-state index contributed by atoms with van der Waals surface area (Å²) in [6, 6.07) is 21.8. The van der Waals surface area contributed by atoms with E-state index in [9.17, 15) is 9.59 Å². The van der Waals surface area contributed by atoms with Crippen molar-refractivity contribution in [2.24, 2.45) is 0 Å². The van der Waals surface area contributed by atoms with Crippen molar-refractivity contribution in [2.45, 2.75) is 49.4 Å². The number of rotatable bonds is 7. The number of nitrogens with one attached hydrogen (secondary N) is 2. The Bertz CT molecular complexity index is 1720. The molecule has 10 heteroatoms. The Balaban J connectivity index is 1.46. The summed E-state index contributed by atoms with van der Waals surface area (Å²) in [6.07, 6.45) is 2.05. The lowest BCUT2D eigenvalue weighted by Gasteiger charge is -2.42. The van der Waals surface area contributed by atoms with Gasteiger partial charge in [-0.25, -0.2) is 4.79 Å². The second kappa shape index (κ2) is 12.9. The summed E-state index contributed by atoms with van der Waals surface area (Å²) in [5.41, 5.74) is 5.16. The van der Waals surface area contributed by atoms with Gasteiger partial charge in [0.15, 0.2) is 0 Å². The minimum atomic E-state index is -1.13. The highest BCUT2D eigenvalue weighted by atomic mass is 79.9. The van der Waals surface area contributed by atoms with Crippen LogP contribution < -0.4 is 5.32 Å². The number of halogens is 1. The number of amides is 4. The minimum absolute atomic E-state index is 0.0571. The van der Waals surface area contributed by atoms with Gasteiger partial charge in [-0.15, -0.1) is 11.8 Å². The number of piperazine rings is 1. The summed E-state index contributed by atoms with van der Waals surface area (Å²) in [5, 5.41) is 3.87. The summed E-state index contributed by atoms with van der Waals surface area (Å²) < 4.78 is -0.163. The molecule has 0 spiro atoms. The topological polar surface area (TPSA) is 88.8 Å². The molecular formula is C35H38BrN5O3S. The van der Waals surface area contributed by atoms with E-state index < -0.39 is 10.8 Å². The van der Waals surface area contributed by atoms with Crippen LogP contribution in [-0.2, 0) is 16.1 Å². The SMILES string of the molecule is CCNC(=O)N1CCN(C(=O)C2(Sc3ccc(C)cc3)CC(=O)N(Cc3ccc(Br)cc3)C2c2c[nH]c3cc(C)ccc23)CC1. The number of urea groups is 1. The van der Waals surface area contributed by atoms with Crippen LogP contribution in [0.15, 0.2) is 82.3 Å². The summed E-state index contributed by atoms with van der Waals surface area (Å²) in [5.74, 6) is -0.125. The van der Waals surface area contributed by atoms with Gasteiger partial charge in [-0.05, 0) is 62.2 Å². The molecule has 6 rings (SSSR count). The van der Waals surface area contributed by atoms with Crippen molar-refractivity contribution in [2.75, 3.05) is 32.7 Å². The van der Waals surface area contributed by atoms with Crippen LogP contribution >= 0.6 is 27.7 Å². The lowest BCUT2D eigenvalue weighted by atomic mass is 9.90. The molecule has 2 aliphatic rings. The molecule has 2 unspecified atom stereocenters. The largest absolute Gasteiger partial charge is 0.361 e. The van der Waals surface area contributed by atoms with Crippen molar-refractivity contribution in [1.29, 1.82) is 0 Å². The number of carbonyl (C=O) groups excluding carboxylic acids is 3. The Morgan fingerprint density at radius 3 is 2.31 bits per heavy atom. The zero-order valence-corrected chi connectivity index (χ0v) is 28.2. The highest BCUT2D eigenvalue weighted by Crippen LogP contribution is 2.55. The van der Waals surface area contributed by atoms with Crippen LogP contribution in [0.3, 0.4) is 0 Å². The van der Waals surface area contributed by atoms with Gasteiger partial charge in [-0.2, -0.15) is 0 Å². The third-order valence-electron chi connectivity index (χ3n) is 8.78. The first-order chi connectivity index (χ1) is 21.7. The third-order valence-corrected chi connectivity index (χ3v) is 10.7. The minimum Gasteiger partial charge on any atom is -0.361 e. The molecule has 234 valence electrons. The predicted octanol–water partition coefficient (Wildman–Crippen LogP) is 6.43. The van der Waals surface area contributed by atoms with Gasteiger partial charge in [0.1, 0.15) is 4.75 Å². The Kier molecular flexibility index (Phi) is 8.97. The lowest BCUT2D eigenvalue weighted by Crippen LogP contribution is -2.58. The van der Waals surface area contributed by atoms with Gasteiger partial charge in [0.25, 0.3) is 0 Å². The quantitative estimate of drug-likeness (QED) is 0.235. The smallest absolute Gasteiger partial charge is 0.317 e. The fourth-order valence-electron chi connectivity index (χ4n) is 6.48. The Labute approximate surface area is 276 Å². The molecule has 2 N–H and O–H groups in total. The predicted molar refractivity (Wildman–Crippen MR) is 182 cm³/mol. The van der Waals surface area contributed by atoms with E-state index in [1.165, 1.54) is 11.8 Å². The monoisotopic (exact) mass is 687 g/mol.